The van der Waals surface area contributed by atoms with Gasteiger partial charge in [-0.15, -0.1) is 16.4 Å². The molecule has 2 aromatic rings. The van der Waals surface area contributed by atoms with Crippen LogP contribution in [0.2, 0.25) is 0 Å². The third-order valence-corrected chi connectivity index (χ3v) is 6.33. The molecular weight excluding hydrogens is 304 g/mol. The first-order valence-corrected chi connectivity index (χ1v) is 8.84. The molecule has 0 aromatic carbocycles. The topological polar surface area (TPSA) is 72.1 Å². The van der Waals surface area contributed by atoms with Crippen molar-refractivity contribution in [2.75, 3.05) is 24.3 Å². The Balaban J connectivity index is 2.02. The van der Waals surface area contributed by atoms with Crippen molar-refractivity contribution in [2.45, 2.75) is 26.3 Å². The summed E-state index contributed by atoms with van der Waals surface area (Å²) in [5, 5.41) is 9.18. The molecule has 21 heavy (non-hydrogen) atoms. The number of aromatic nitrogens is 2. The van der Waals surface area contributed by atoms with Crippen LogP contribution in [-0.4, -0.2) is 45.6 Å². The minimum atomic E-state index is 0.0000491. The van der Waals surface area contributed by atoms with Crippen LogP contribution in [0.5, 0.6) is 0 Å². The first-order valence-electron chi connectivity index (χ1n) is 6.87. The zero-order valence-electron chi connectivity index (χ0n) is 12.3. The summed E-state index contributed by atoms with van der Waals surface area (Å²) < 4.78 is 0. The number of rotatable bonds is 2. The van der Waals surface area contributed by atoms with E-state index in [1.165, 1.54) is 11.3 Å². The van der Waals surface area contributed by atoms with E-state index in [0.717, 1.165) is 39.4 Å². The second-order valence-corrected chi connectivity index (χ2v) is 7.52. The molecule has 1 unspecified atom stereocenters. The second kappa shape index (κ2) is 5.46. The van der Waals surface area contributed by atoms with Crippen LogP contribution in [-0.2, 0) is 0 Å². The van der Waals surface area contributed by atoms with Gasteiger partial charge in [-0.3, -0.25) is 4.79 Å². The fraction of sp³-hybridized carbons (Fsp3) is 0.500. The molecule has 0 aliphatic carbocycles. The average Bonchev–Trinajstić information content (AvgIpc) is 3.10. The Bertz CT molecular complexity index is 707. The van der Waals surface area contributed by atoms with Gasteiger partial charge >= 0.3 is 0 Å². The van der Waals surface area contributed by atoms with Gasteiger partial charge in [0.15, 0.2) is 0 Å². The molecule has 3 heterocycles. The van der Waals surface area contributed by atoms with E-state index in [0.29, 0.717) is 16.6 Å². The molecule has 1 atom stereocenters. The highest BCUT2D eigenvalue weighted by Gasteiger charge is 2.28. The first-order chi connectivity index (χ1) is 10.0. The molecule has 112 valence electrons. The number of carbonyl (C=O) groups excluding carboxylic acids is 1. The third-order valence-electron chi connectivity index (χ3n) is 4.10. The number of carbonyl (C=O) groups is 1. The van der Waals surface area contributed by atoms with E-state index in [2.05, 4.69) is 10.2 Å². The number of hydrogen-bond donors (Lipinski definition) is 1. The quantitative estimate of drug-likeness (QED) is 0.919. The summed E-state index contributed by atoms with van der Waals surface area (Å²) in [6, 6.07) is 0.307. The van der Waals surface area contributed by atoms with E-state index in [-0.39, 0.29) is 5.91 Å². The molecule has 0 spiro atoms. The predicted molar refractivity (Wildman–Crippen MR) is 89.1 cm³/mol. The maximum absolute atomic E-state index is 12.7. The van der Waals surface area contributed by atoms with Gasteiger partial charge in [0.25, 0.3) is 5.91 Å². The summed E-state index contributed by atoms with van der Waals surface area (Å²) >= 11 is 3.24. The van der Waals surface area contributed by atoms with Crippen molar-refractivity contribution in [1.29, 1.82) is 0 Å². The summed E-state index contributed by atoms with van der Waals surface area (Å²) in [6.07, 6.45) is 1.05. The zero-order chi connectivity index (χ0) is 15.1. The van der Waals surface area contributed by atoms with Gasteiger partial charge in [0, 0.05) is 24.2 Å². The van der Waals surface area contributed by atoms with Crippen LogP contribution >= 0.6 is 23.1 Å². The Labute approximate surface area is 131 Å². The fourth-order valence-corrected chi connectivity index (χ4v) is 4.90. The van der Waals surface area contributed by atoms with E-state index < -0.39 is 0 Å². The lowest BCUT2D eigenvalue weighted by atomic mass is 10.1. The van der Waals surface area contributed by atoms with Crippen LogP contribution in [0.15, 0.2) is 0 Å². The van der Waals surface area contributed by atoms with E-state index in [9.17, 15) is 4.79 Å². The Kier molecular flexibility index (Phi) is 3.79. The molecule has 1 aliphatic rings. The number of amides is 1. The van der Waals surface area contributed by atoms with Crippen LogP contribution in [0.25, 0.3) is 10.2 Å². The third kappa shape index (κ3) is 2.38. The Morgan fingerprint density at radius 2 is 2.14 bits per heavy atom. The Morgan fingerprint density at radius 1 is 1.38 bits per heavy atom. The largest absolute Gasteiger partial charge is 0.397 e. The fourth-order valence-electron chi connectivity index (χ4n) is 2.55. The molecule has 1 amide bonds. The maximum Gasteiger partial charge on any atom is 0.266 e. The molecule has 5 nitrogen and oxygen atoms in total. The molecule has 3 rings (SSSR count). The minimum Gasteiger partial charge on any atom is -0.397 e. The van der Waals surface area contributed by atoms with Crippen LogP contribution < -0.4 is 5.73 Å². The molecule has 0 bridgehead atoms. The lowest BCUT2D eigenvalue weighted by Crippen LogP contribution is -2.36. The van der Waals surface area contributed by atoms with Crippen molar-refractivity contribution in [2.24, 2.45) is 0 Å². The number of aryl methyl sites for hydroxylation is 2. The number of nitrogens with two attached hydrogens (primary N) is 1. The molecule has 1 fully saturated rings. The highest BCUT2D eigenvalue weighted by atomic mass is 32.2. The molecule has 2 aromatic heterocycles. The number of nitrogens with zero attached hydrogens (tertiary/aromatic N) is 3. The van der Waals surface area contributed by atoms with Crippen molar-refractivity contribution >= 4 is 44.9 Å². The predicted octanol–water partition coefficient (Wildman–Crippen LogP) is 2.47. The highest BCUT2D eigenvalue weighted by Crippen LogP contribution is 2.36. The number of thiophene rings is 1. The number of hydrogen-bond acceptors (Lipinski definition) is 6. The van der Waals surface area contributed by atoms with Crippen molar-refractivity contribution in [3.63, 3.8) is 0 Å². The van der Waals surface area contributed by atoms with Crippen molar-refractivity contribution in [3.8, 4) is 0 Å². The molecular formula is C14H18N4OS2. The molecule has 7 heteroatoms. The normalized spacial score (nSPS) is 18.3. The van der Waals surface area contributed by atoms with Gasteiger partial charge in [0.1, 0.15) is 9.71 Å². The van der Waals surface area contributed by atoms with Gasteiger partial charge in [-0.25, -0.2) is 0 Å². The molecule has 1 aliphatic heterocycles. The van der Waals surface area contributed by atoms with Crippen molar-refractivity contribution in [1.82, 2.24) is 15.1 Å². The van der Waals surface area contributed by atoms with E-state index >= 15 is 0 Å². The monoisotopic (exact) mass is 322 g/mol. The first kappa shape index (κ1) is 14.6. The van der Waals surface area contributed by atoms with Crippen LogP contribution in [0, 0.1) is 13.8 Å². The van der Waals surface area contributed by atoms with Crippen molar-refractivity contribution in [3.05, 3.63) is 16.1 Å². The summed E-state index contributed by atoms with van der Waals surface area (Å²) in [7, 11) is 1.87. The van der Waals surface area contributed by atoms with E-state index in [1.54, 1.807) is 0 Å². The number of nitrogen functional groups attached to an aromatic ring is 1. The Morgan fingerprint density at radius 3 is 2.81 bits per heavy atom. The zero-order valence-corrected chi connectivity index (χ0v) is 14.0. The minimum absolute atomic E-state index is 0.0000491. The average molecular weight is 322 g/mol. The van der Waals surface area contributed by atoms with Gasteiger partial charge in [0.05, 0.1) is 11.4 Å². The van der Waals surface area contributed by atoms with Gasteiger partial charge in [-0.05, 0) is 31.6 Å². The van der Waals surface area contributed by atoms with Gasteiger partial charge in [-0.2, -0.15) is 16.9 Å². The van der Waals surface area contributed by atoms with E-state index in [1.807, 2.05) is 37.6 Å². The lowest BCUT2D eigenvalue weighted by molar-refractivity contribution is 0.0754. The summed E-state index contributed by atoms with van der Waals surface area (Å²) in [5.41, 5.74) is 8.64. The molecule has 1 saturated heterocycles. The van der Waals surface area contributed by atoms with Crippen LogP contribution in [0.4, 0.5) is 5.69 Å². The number of thioether (sulfide) groups is 1. The molecule has 0 saturated carbocycles. The molecule has 0 radical (unpaired) electrons. The summed E-state index contributed by atoms with van der Waals surface area (Å²) in [4.78, 5) is 15.9. The second-order valence-electron chi connectivity index (χ2n) is 5.37. The SMILES string of the molecule is Cc1nnc2sc(C(=O)N(C)C3CCSC3)c(N)c2c1C. The number of fused-ring (bicyclic) bond motifs is 1. The standard InChI is InChI=1S/C14H18N4OS2/c1-7-8(2)16-17-13-10(7)11(15)12(21-13)14(19)18(3)9-4-5-20-6-9/h9H,4-6,15H2,1-3H3. The van der Waals surface area contributed by atoms with E-state index in [4.69, 9.17) is 5.73 Å². The van der Waals surface area contributed by atoms with Crippen LogP contribution in [0.3, 0.4) is 0 Å². The van der Waals surface area contributed by atoms with Gasteiger partial charge in [0.2, 0.25) is 0 Å². The lowest BCUT2D eigenvalue weighted by Gasteiger charge is -2.23. The van der Waals surface area contributed by atoms with Gasteiger partial charge < -0.3 is 10.6 Å². The van der Waals surface area contributed by atoms with Crippen molar-refractivity contribution < 1.29 is 4.79 Å². The number of anilines is 1. The van der Waals surface area contributed by atoms with Crippen LogP contribution in [0.1, 0.15) is 27.3 Å². The molecule has 2 N–H and O–H groups in total. The Hall–Kier alpha value is -1.34. The van der Waals surface area contributed by atoms with Gasteiger partial charge in [-0.1, -0.05) is 0 Å². The summed E-state index contributed by atoms with van der Waals surface area (Å²) in [6.45, 7) is 3.88. The maximum atomic E-state index is 12.7. The summed E-state index contributed by atoms with van der Waals surface area (Å²) in [5.74, 6) is 2.12. The highest BCUT2D eigenvalue weighted by molar-refractivity contribution is 7.99. The smallest absolute Gasteiger partial charge is 0.266 e.